The van der Waals surface area contributed by atoms with Crippen molar-refractivity contribution >= 4 is 52.6 Å². The molecule has 1 aromatic heterocycles. The van der Waals surface area contributed by atoms with Gasteiger partial charge in [-0.05, 0) is 99.6 Å². The average molecular weight is 838 g/mol. The Labute approximate surface area is 351 Å². The van der Waals surface area contributed by atoms with E-state index in [-0.39, 0.29) is 58.8 Å². The lowest BCUT2D eigenvalue weighted by Crippen LogP contribution is -2.59. The number of nitrogens with zero attached hydrogens (tertiary/aromatic N) is 7. The van der Waals surface area contributed by atoms with E-state index >= 15 is 4.39 Å². The van der Waals surface area contributed by atoms with Crippen LogP contribution in [0.3, 0.4) is 0 Å². The van der Waals surface area contributed by atoms with Crippen LogP contribution in [0.25, 0.3) is 0 Å². The number of carbonyl (C=O) groups is 5. The number of carbonyl (C=O) groups excluding carboxylic acids is 5. The number of piperazine rings is 1. The summed E-state index contributed by atoms with van der Waals surface area (Å²) >= 11 is 6.15. The molecule has 0 radical (unpaired) electrons. The van der Waals surface area contributed by atoms with Gasteiger partial charge in [0, 0.05) is 63.8 Å². The maximum absolute atomic E-state index is 15.5. The summed E-state index contributed by atoms with van der Waals surface area (Å²) in [6, 6.07) is 12.7. The van der Waals surface area contributed by atoms with Crippen LogP contribution in [0.1, 0.15) is 101 Å². The molecule has 2 saturated carbocycles. The van der Waals surface area contributed by atoms with Crippen LogP contribution in [0.5, 0.6) is 5.75 Å². The molecule has 5 fully saturated rings. The lowest BCUT2D eigenvalue weighted by atomic mass is 9.60. The van der Waals surface area contributed by atoms with Crippen LogP contribution in [-0.4, -0.2) is 113 Å². The van der Waals surface area contributed by atoms with Crippen molar-refractivity contribution in [3.8, 4) is 11.8 Å². The molecule has 0 bridgehead atoms. The number of fused-ring (bicyclic) bond motifs is 1. The number of hydrogen-bond acceptors (Lipinski definition) is 12. The zero-order valence-electron chi connectivity index (χ0n) is 33.0. The van der Waals surface area contributed by atoms with E-state index in [1.54, 1.807) is 24.3 Å². The van der Waals surface area contributed by atoms with Crippen molar-refractivity contribution in [1.82, 2.24) is 30.6 Å². The molecule has 9 rings (SSSR count). The first-order valence-corrected chi connectivity index (χ1v) is 21.2. The predicted octanol–water partition coefficient (Wildman–Crippen LogP) is 4.23. The van der Waals surface area contributed by atoms with Crippen molar-refractivity contribution in [3.05, 3.63) is 75.7 Å². The highest BCUT2D eigenvalue weighted by Crippen LogP contribution is 2.52. The van der Waals surface area contributed by atoms with E-state index in [1.807, 2.05) is 17.0 Å². The van der Waals surface area contributed by atoms with Crippen molar-refractivity contribution in [2.45, 2.75) is 88.4 Å². The number of halogens is 2. The Kier molecular flexibility index (Phi) is 10.7. The summed E-state index contributed by atoms with van der Waals surface area (Å²) in [6.45, 7) is 4.66. The SMILES string of the molecule is N#Cc1ccc(O[C@H]2CC[C@H](NC(=O)c3ccc(N4CCN(C5CC6(CCN(c7cc8c(cc7F)C(=O)N(C7CCC(=O)NC7=O)C8=O)CC6)C5)CC4)nn3)CC2)cc1Cl. The molecule has 1 atom stereocenters. The fourth-order valence-corrected chi connectivity index (χ4v) is 10.1. The molecule has 5 amide bonds. The highest BCUT2D eigenvalue weighted by molar-refractivity contribution is 6.31. The van der Waals surface area contributed by atoms with Gasteiger partial charge in [-0.15, -0.1) is 10.2 Å². The van der Waals surface area contributed by atoms with Gasteiger partial charge in [-0.2, -0.15) is 5.26 Å². The van der Waals surface area contributed by atoms with E-state index < -0.39 is 35.5 Å². The lowest BCUT2D eigenvalue weighted by Gasteiger charge is -2.56. The highest BCUT2D eigenvalue weighted by Gasteiger charge is 2.49. The smallest absolute Gasteiger partial charge is 0.272 e. The maximum atomic E-state index is 15.5. The van der Waals surface area contributed by atoms with Gasteiger partial charge in [0.2, 0.25) is 11.8 Å². The number of piperidine rings is 2. The van der Waals surface area contributed by atoms with E-state index in [4.69, 9.17) is 21.6 Å². The number of nitriles is 1. The third kappa shape index (κ3) is 7.64. The average Bonchev–Trinajstić information content (AvgIpc) is 3.47. The van der Waals surface area contributed by atoms with E-state index in [2.05, 4.69) is 30.6 Å². The molecular formula is C43H45ClFN9O6. The summed E-state index contributed by atoms with van der Waals surface area (Å²) in [5.74, 6) is -1.93. The van der Waals surface area contributed by atoms with Crippen LogP contribution in [0, 0.1) is 22.6 Å². The van der Waals surface area contributed by atoms with Gasteiger partial charge in [-0.1, -0.05) is 11.6 Å². The Morgan fingerprint density at radius 3 is 2.25 bits per heavy atom. The number of benzene rings is 2. The van der Waals surface area contributed by atoms with Crippen LogP contribution in [-0.2, 0) is 9.59 Å². The number of hydrogen-bond donors (Lipinski definition) is 2. The van der Waals surface area contributed by atoms with Crippen LogP contribution < -0.4 is 25.2 Å². The first-order chi connectivity index (χ1) is 29.0. The molecule has 3 saturated heterocycles. The van der Waals surface area contributed by atoms with E-state index in [0.717, 1.165) is 94.3 Å². The van der Waals surface area contributed by atoms with Crippen molar-refractivity contribution in [2.75, 3.05) is 49.1 Å². The van der Waals surface area contributed by atoms with E-state index in [9.17, 15) is 24.0 Å². The molecule has 2 aliphatic carbocycles. The number of aromatic nitrogens is 2. The van der Waals surface area contributed by atoms with Gasteiger partial charge in [-0.25, -0.2) is 4.39 Å². The second kappa shape index (κ2) is 16.1. The summed E-state index contributed by atoms with van der Waals surface area (Å²) in [7, 11) is 0. The largest absolute Gasteiger partial charge is 0.490 e. The van der Waals surface area contributed by atoms with Crippen molar-refractivity contribution in [2.24, 2.45) is 5.41 Å². The minimum atomic E-state index is -1.10. The summed E-state index contributed by atoms with van der Waals surface area (Å²) in [5, 5.41) is 23.4. The molecule has 1 unspecified atom stereocenters. The van der Waals surface area contributed by atoms with Gasteiger partial charge in [0.25, 0.3) is 17.7 Å². The zero-order valence-corrected chi connectivity index (χ0v) is 33.8. The molecule has 4 aliphatic heterocycles. The summed E-state index contributed by atoms with van der Waals surface area (Å²) in [4.78, 5) is 71.1. The second-order valence-corrected chi connectivity index (χ2v) is 17.4. The quantitative estimate of drug-likeness (QED) is 0.309. The highest BCUT2D eigenvalue weighted by atomic mass is 35.5. The molecule has 312 valence electrons. The topological polar surface area (TPSA) is 181 Å². The number of imide groups is 2. The third-order valence-electron chi connectivity index (χ3n) is 13.4. The van der Waals surface area contributed by atoms with Crippen molar-refractivity contribution < 1.29 is 33.1 Å². The molecule has 1 spiro atoms. The monoisotopic (exact) mass is 837 g/mol. The van der Waals surface area contributed by atoms with Crippen LogP contribution in [0.15, 0.2) is 42.5 Å². The standard InChI is InChI=1S/C43H45ClFN9O6/c44-32-19-29(4-1-25(32)24-46)60-28-5-2-26(3-6-28)47-39(56)34-7-9-37(50-49-34)53-17-15-51(16-18-53)27-22-43(23-27)11-13-52(14-12-43)36-21-31-30(20-33(36)45)41(58)54(42(31)59)35-8-10-38(55)48-40(35)57/h1,4,7,9,19-21,26-28,35H,2-3,5-6,8,10-18,22-23H2,(H,47,56)(H,48,55,57)/t26-,28-,35?. The minimum absolute atomic E-state index is 0.00915. The van der Waals surface area contributed by atoms with Crippen molar-refractivity contribution in [3.63, 3.8) is 0 Å². The first-order valence-electron chi connectivity index (χ1n) is 20.8. The molecule has 5 heterocycles. The fourth-order valence-electron chi connectivity index (χ4n) is 9.92. The lowest BCUT2D eigenvalue weighted by molar-refractivity contribution is -0.136. The van der Waals surface area contributed by atoms with E-state index in [0.29, 0.717) is 35.5 Å². The van der Waals surface area contributed by atoms with Gasteiger partial charge >= 0.3 is 0 Å². The van der Waals surface area contributed by atoms with Crippen molar-refractivity contribution in [1.29, 1.82) is 5.26 Å². The summed E-state index contributed by atoms with van der Waals surface area (Å²) < 4.78 is 21.6. The number of amides is 5. The number of nitrogens with one attached hydrogen (secondary N) is 2. The molecule has 6 aliphatic rings. The van der Waals surface area contributed by atoms with Gasteiger partial charge in [-0.3, -0.25) is 39.1 Å². The molecule has 2 N–H and O–H groups in total. The van der Waals surface area contributed by atoms with Crippen LogP contribution in [0.2, 0.25) is 5.02 Å². The first kappa shape index (κ1) is 39.8. The van der Waals surface area contributed by atoms with Gasteiger partial charge in [0.1, 0.15) is 23.7 Å². The zero-order chi connectivity index (χ0) is 41.7. The predicted molar refractivity (Wildman–Crippen MR) is 216 cm³/mol. The van der Waals surface area contributed by atoms with Gasteiger partial charge in [0.05, 0.1) is 33.5 Å². The van der Waals surface area contributed by atoms with Crippen LogP contribution >= 0.6 is 11.6 Å². The Hall–Kier alpha value is -5.66. The normalized spacial score (nSPS) is 24.5. The molecule has 17 heteroatoms. The minimum Gasteiger partial charge on any atom is -0.490 e. The Bertz CT molecular complexity index is 2270. The van der Waals surface area contributed by atoms with E-state index in [1.165, 1.54) is 6.07 Å². The number of rotatable bonds is 8. The van der Waals surface area contributed by atoms with Gasteiger partial charge < -0.3 is 19.9 Å². The summed E-state index contributed by atoms with van der Waals surface area (Å²) in [5.41, 5.74) is 1.20. The molecule has 2 aromatic carbocycles. The second-order valence-electron chi connectivity index (χ2n) is 17.0. The molecule has 60 heavy (non-hydrogen) atoms. The third-order valence-corrected chi connectivity index (χ3v) is 13.7. The molecule has 3 aromatic rings. The molecule has 15 nitrogen and oxygen atoms in total. The Morgan fingerprint density at radius 2 is 1.60 bits per heavy atom. The Balaban J connectivity index is 0.709. The number of ether oxygens (including phenoxy) is 1. The summed E-state index contributed by atoms with van der Waals surface area (Å²) in [6.07, 6.45) is 7.13. The van der Waals surface area contributed by atoms with Crippen LogP contribution in [0.4, 0.5) is 15.9 Å². The molecular weight excluding hydrogens is 793 g/mol. The maximum Gasteiger partial charge on any atom is 0.272 e. The van der Waals surface area contributed by atoms with Gasteiger partial charge in [0.15, 0.2) is 11.5 Å². The Morgan fingerprint density at radius 1 is 0.883 bits per heavy atom. The number of anilines is 2. The fraction of sp³-hybridized carbons (Fsp3) is 0.488.